The number of aromatic nitrogens is 1. The lowest BCUT2D eigenvalue weighted by Crippen LogP contribution is -2.35. The number of amides is 2. The van der Waals surface area contributed by atoms with Crippen molar-refractivity contribution in [2.45, 2.75) is 39.5 Å². The molecule has 3 N–H and O–H groups in total. The third-order valence-electron chi connectivity index (χ3n) is 5.64. The number of primary amides is 1. The van der Waals surface area contributed by atoms with E-state index in [1.54, 1.807) is 30.7 Å². The molecule has 2 aromatic rings. The SMILES string of the molecule is CC1CN(C(=O)OC(C)(C)C)CC1COc1ccc(-c2cc(C(N)=O)c(=O)[nH]c2C(F)(F)F)cc1. The smallest absolute Gasteiger partial charge is 0.431 e. The standard InChI is InChI=1S/C24H28F3N3O5/c1-13-10-30(22(33)35-23(2,3)4)11-15(13)12-34-16-7-5-14(6-8-16)17-9-18(20(28)31)21(32)29-19(17)24(25,26)27/h5-9,13,15H,10-12H2,1-4H3,(H2,28,31)(H,29,32). The van der Waals surface area contributed by atoms with E-state index in [0.717, 1.165) is 6.07 Å². The van der Waals surface area contributed by atoms with Crippen LogP contribution < -0.4 is 16.0 Å². The zero-order chi connectivity index (χ0) is 26.1. The number of aromatic amines is 1. The van der Waals surface area contributed by atoms with E-state index in [1.165, 1.54) is 24.3 Å². The first kappa shape index (κ1) is 26.1. The summed E-state index contributed by atoms with van der Waals surface area (Å²) in [6, 6.07) is 6.62. The predicted octanol–water partition coefficient (Wildman–Crippen LogP) is 4.04. The van der Waals surface area contributed by atoms with Crippen molar-refractivity contribution < 1.29 is 32.2 Å². The Morgan fingerprint density at radius 1 is 1.14 bits per heavy atom. The van der Waals surface area contributed by atoms with Crippen LogP contribution in [0.2, 0.25) is 0 Å². The van der Waals surface area contributed by atoms with Gasteiger partial charge in [-0.2, -0.15) is 13.2 Å². The maximum Gasteiger partial charge on any atom is 0.431 e. The van der Waals surface area contributed by atoms with Gasteiger partial charge in [-0.05, 0) is 50.5 Å². The normalized spacial score (nSPS) is 18.4. The Labute approximate surface area is 200 Å². The van der Waals surface area contributed by atoms with E-state index in [9.17, 15) is 27.6 Å². The Hall–Kier alpha value is -3.50. The fourth-order valence-electron chi connectivity index (χ4n) is 3.83. The largest absolute Gasteiger partial charge is 0.493 e. The fraction of sp³-hybridized carbons (Fsp3) is 0.458. The van der Waals surface area contributed by atoms with Gasteiger partial charge in [-0.1, -0.05) is 19.1 Å². The summed E-state index contributed by atoms with van der Waals surface area (Å²) in [7, 11) is 0. The molecule has 1 aliphatic heterocycles. The van der Waals surface area contributed by atoms with Gasteiger partial charge in [0.25, 0.3) is 11.5 Å². The number of nitrogens with two attached hydrogens (primary N) is 1. The third-order valence-corrected chi connectivity index (χ3v) is 5.64. The van der Waals surface area contributed by atoms with Crippen LogP contribution >= 0.6 is 0 Å². The summed E-state index contributed by atoms with van der Waals surface area (Å²) < 4.78 is 51.7. The second-order valence-corrected chi connectivity index (χ2v) is 9.62. The zero-order valence-corrected chi connectivity index (χ0v) is 19.9. The van der Waals surface area contributed by atoms with Crippen molar-refractivity contribution in [3.63, 3.8) is 0 Å². The third kappa shape index (κ3) is 6.34. The number of pyridine rings is 1. The van der Waals surface area contributed by atoms with E-state index in [-0.39, 0.29) is 29.1 Å². The Kier molecular flexibility index (Phi) is 7.18. The molecule has 1 fully saturated rings. The first-order valence-electron chi connectivity index (χ1n) is 11.0. The molecule has 2 atom stereocenters. The van der Waals surface area contributed by atoms with Crippen LogP contribution in [-0.4, -0.2) is 47.2 Å². The minimum atomic E-state index is -4.85. The van der Waals surface area contributed by atoms with Gasteiger partial charge in [-0.15, -0.1) is 0 Å². The molecule has 1 aliphatic rings. The second kappa shape index (κ2) is 9.63. The molecule has 2 unspecified atom stereocenters. The summed E-state index contributed by atoms with van der Waals surface area (Å²) >= 11 is 0. The summed E-state index contributed by atoms with van der Waals surface area (Å²) in [6.07, 6.45) is -5.23. The van der Waals surface area contributed by atoms with Crippen molar-refractivity contribution in [3.8, 4) is 16.9 Å². The van der Waals surface area contributed by atoms with Crippen LogP contribution in [0.1, 0.15) is 43.7 Å². The van der Waals surface area contributed by atoms with Gasteiger partial charge in [0.2, 0.25) is 0 Å². The van der Waals surface area contributed by atoms with Gasteiger partial charge in [-0.3, -0.25) is 9.59 Å². The second-order valence-electron chi connectivity index (χ2n) is 9.62. The maximum absolute atomic E-state index is 13.5. The number of carbonyl (C=O) groups excluding carboxylic acids is 2. The Bertz CT molecular complexity index is 1150. The van der Waals surface area contributed by atoms with Gasteiger partial charge >= 0.3 is 12.3 Å². The number of hydrogen-bond acceptors (Lipinski definition) is 5. The number of halogens is 3. The first-order valence-corrected chi connectivity index (χ1v) is 11.0. The Morgan fingerprint density at radius 3 is 2.31 bits per heavy atom. The molecule has 2 heterocycles. The molecule has 0 spiro atoms. The fourth-order valence-corrected chi connectivity index (χ4v) is 3.83. The maximum atomic E-state index is 13.5. The van der Waals surface area contributed by atoms with E-state index >= 15 is 0 Å². The molecular formula is C24H28F3N3O5. The van der Waals surface area contributed by atoms with Crippen molar-refractivity contribution in [2.24, 2.45) is 17.6 Å². The van der Waals surface area contributed by atoms with Crippen LogP contribution in [0.15, 0.2) is 35.1 Å². The molecule has 35 heavy (non-hydrogen) atoms. The van der Waals surface area contributed by atoms with Crippen LogP contribution in [-0.2, 0) is 10.9 Å². The molecule has 0 radical (unpaired) electrons. The number of benzene rings is 1. The first-order chi connectivity index (χ1) is 16.2. The number of nitrogens with one attached hydrogen (secondary N) is 1. The van der Waals surface area contributed by atoms with Crippen LogP contribution in [0, 0.1) is 11.8 Å². The summed E-state index contributed by atoms with van der Waals surface area (Å²) in [4.78, 5) is 39.0. The number of nitrogens with zero attached hydrogens (tertiary/aromatic N) is 1. The van der Waals surface area contributed by atoms with E-state index < -0.39 is 34.5 Å². The lowest BCUT2D eigenvalue weighted by atomic mass is 9.99. The number of alkyl halides is 3. The molecule has 1 saturated heterocycles. The Morgan fingerprint density at radius 2 is 1.77 bits per heavy atom. The molecule has 0 aliphatic carbocycles. The lowest BCUT2D eigenvalue weighted by molar-refractivity contribution is -0.140. The number of rotatable bonds is 5. The van der Waals surface area contributed by atoms with Crippen LogP contribution in [0.25, 0.3) is 11.1 Å². The highest BCUT2D eigenvalue weighted by molar-refractivity contribution is 5.94. The van der Waals surface area contributed by atoms with Gasteiger partial charge in [0.1, 0.15) is 22.6 Å². The molecule has 2 amide bonds. The van der Waals surface area contributed by atoms with Crippen molar-refractivity contribution >= 4 is 12.0 Å². The van der Waals surface area contributed by atoms with Crippen LogP contribution in [0.3, 0.4) is 0 Å². The number of carbonyl (C=O) groups is 2. The van der Waals surface area contributed by atoms with Gasteiger partial charge in [0, 0.05) is 24.6 Å². The molecule has 11 heteroatoms. The van der Waals surface area contributed by atoms with E-state index in [0.29, 0.717) is 25.4 Å². The van der Waals surface area contributed by atoms with Crippen molar-refractivity contribution in [1.29, 1.82) is 0 Å². The Balaban J connectivity index is 1.73. The molecule has 3 rings (SSSR count). The summed E-state index contributed by atoms with van der Waals surface area (Å²) in [5, 5.41) is 0. The van der Waals surface area contributed by atoms with E-state index in [1.807, 2.05) is 6.92 Å². The van der Waals surface area contributed by atoms with Crippen LogP contribution in [0.4, 0.5) is 18.0 Å². The average Bonchev–Trinajstić information content (AvgIpc) is 3.11. The summed E-state index contributed by atoms with van der Waals surface area (Å²) in [5.41, 5.74) is 1.22. The monoisotopic (exact) mass is 495 g/mol. The van der Waals surface area contributed by atoms with Crippen molar-refractivity contribution in [1.82, 2.24) is 9.88 Å². The summed E-state index contributed by atoms with van der Waals surface area (Å²) in [5.74, 6) is -0.488. The lowest BCUT2D eigenvalue weighted by Gasteiger charge is -2.24. The number of ether oxygens (including phenoxy) is 2. The molecular weight excluding hydrogens is 467 g/mol. The predicted molar refractivity (Wildman–Crippen MR) is 122 cm³/mol. The van der Waals surface area contributed by atoms with Crippen molar-refractivity contribution in [2.75, 3.05) is 19.7 Å². The van der Waals surface area contributed by atoms with Crippen LogP contribution in [0.5, 0.6) is 5.75 Å². The van der Waals surface area contributed by atoms with E-state index in [4.69, 9.17) is 15.2 Å². The van der Waals surface area contributed by atoms with Gasteiger partial charge in [0.15, 0.2) is 0 Å². The highest BCUT2D eigenvalue weighted by atomic mass is 19.4. The molecule has 8 nitrogen and oxygen atoms in total. The molecule has 1 aromatic heterocycles. The molecule has 1 aromatic carbocycles. The average molecular weight is 495 g/mol. The quantitative estimate of drug-likeness (QED) is 0.650. The number of hydrogen-bond donors (Lipinski definition) is 2. The zero-order valence-electron chi connectivity index (χ0n) is 19.9. The molecule has 0 saturated carbocycles. The van der Waals surface area contributed by atoms with E-state index in [2.05, 4.69) is 0 Å². The minimum Gasteiger partial charge on any atom is -0.493 e. The topological polar surface area (TPSA) is 115 Å². The van der Waals surface area contributed by atoms with Crippen molar-refractivity contribution in [3.05, 3.63) is 51.9 Å². The van der Waals surface area contributed by atoms with Gasteiger partial charge in [0.05, 0.1) is 6.61 Å². The summed E-state index contributed by atoms with van der Waals surface area (Å²) in [6.45, 7) is 8.72. The molecule has 0 bridgehead atoms. The van der Waals surface area contributed by atoms with Gasteiger partial charge in [-0.25, -0.2) is 4.79 Å². The molecule has 190 valence electrons. The number of likely N-dealkylation sites (tertiary alicyclic amines) is 1. The van der Waals surface area contributed by atoms with Gasteiger partial charge < -0.3 is 25.1 Å². The highest BCUT2D eigenvalue weighted by Crippen LogP contribution is 2.36. The number of H-pyrrole nitrogens is 1. The minimum absolute atomic E-state index is 0.0522. The highest BCUT2D eigenvalue weighted by Gasteiger charge is 2.37.